The number of fused-ring (bicyclic) bond motifs is 1. The molecule has 4 rings (SSSR count). The fourth-order valence-electron chi connectivity index (χ4n) is 2.77. The molecular formula is C21H15BrN2O3. The van der Waals surface area contributed by atoms with Crippen LogP contribution in [0.15, 0.2) is 68.5 Å². The fraction of sp³-hybridized carbons (Fsp3) is 0.0476. The van der Waals surface area contributed by atoms with Gasteiger partial charge in [-0.2, -0.15) is 0 Å². The smallest absolute Gasteiger partial charge is 0.231 e. The lowest BCUT2D eigenvalue weighted by molar-refractivity contribution is 0.470. The van der Waals surface area contributed by atoms with Gasteiger partial charge in [0.05, 0.1) is 11.3 Å². The number of para-hydroxylation sites is 2. The van der Waals surface area contributed by atoms with E-state index in [1.807, 2.05) is 37.3 Å². The molecule has 6 heteroatoms. The van der Waals surface area contributed by atoms with Crippen LogP contribution in [0.4, 0.5) is 5.69 Å². The maximum atomic E-state index is 10.2. The molecule has 0 fully saturated rings. The summed E-state index contributed by atoms with van der Waals surface area (Å²) in [7, 11) is 0. The van der Waals surface area contributed by atoms with Crippen LogP contribution in [0.25, 0.3) is 22.6 Å². The first kappa shape index (κ1) is 17.3. The van der Waals surface area contributed by atoms with Crippen LogP contribution in [0.3, 0.4) is 0 Å². The molecule has 0 radical (unpaired) electrons. The first-order chi connectivity index (χ1) is 13.0. The molecule has 1 heterocycles. The number of phenolic OH excluding ortho intramolecular Hbond substituents is 2. The normalized spacial score (nSPS) is 11.5. The molecule has 0 amide bonds. The third-order valence-electron chi connectivity index (χ3n) is 4.15. The van der Waals surface area contributed by atoms with Crippen LogP contribution in [-0.4, -0.2) is 21.4 Å². The van der Waals surface area contributed by atoms with Crippen LogP contribution in [-0.2, 0) is 0 Å². The number of hydrogen-bond donors (Lipinski definition) is 2. The molecule has 0 aliphatic carbocycles. The first-order valence-corrected chi connectivity index (χ1v) is 9.03. The third kappa shape index (κ3) is 3.44. The average molecular weight is 423 g/mol. The van der Waals surface area contributed by atoms with Crippen molar-refractivity contribution in [1.29, 1.82) is 0 Å². The summed E-state index contributed by atoms with van der Waals surface area (Å²) >= 11 is 3.42. The Kier molecular flexibility index (Phi) is 4.41. The van der Waals surface area contributed by atoms with Crippen molar-refractivity contribution in [2.75, 3.05) is 0 Å². The Morgan fingerprint density at radius 3 is 2.70 bits per heavy atom. The highest BCUT2D eigenvalue weighted by Crippen LogP contribution is 2.34. The minimum Gasteiger partial charge on any atom is -0.507 e. The largest absolute Gasteiger partial charge is 0.507 e. The Hall–Kier alpha value is -3.12. The highest BCUT2D eigenvalue weighted by molar-refractivity contribution is 9.10. The van der Waals surface area contributed by atoms with Crippen LogP contribution in [0.1, 0.15) is 11.1 Å². The van der Waals surface area contributed by atoms with Gasteiger partial charge in [0, 0.05) is 16.3 Å². The molecule has 27 heavy (non-hydrogen) atoms. The number of halogens is 1. The van der Waals surface area contributed by atoms with Crippen molar-refractivity contribution in [2.24, 2.45) is 4.99 Å². The van der Waals surface area contributed by atoms with Gasteiger partial charge in [0.25, 0.3) is 0 Å². The van der Waals surface area contributed by atoms with E-state index in [1.54, 1.807) is 30.5 Å². The van der Waals surface area contributed by atoms with E-state index >= 15 is 0 Å². The number of aliphatic imine (C=N–C) groups is 1. The maximum Gasteiger partial charge on any atom is 0.231 e. The lowest BCUT2D eigenvalue weighted by Crippen LogP contribution is -1.86. The molecule has 134 valence electrons. The minimum atomic E-state index is 0.0571. The van der Waals surface area contributed by atoms with Gasteiger partial charge < -0.3 is 14.6 Å². The minimum absolute atomic E-state index is 0.0571. The predicted molar refractivity (Wildman–Crippen MR) is 109 cm³/mol. The Balaban J connectivity index is 1.72. The summed E-state index contributed by atoms with van der Waals surface area (Å²) in [6.45, 7) is 1.82. The lowest BCUT2D eigenvalue weighted by atomic mass is 10.1. The van der Waals surface area contributed by atoms with Crippen LogP contribution in [0, 0.1) is 6.92 Å². The molecule has 0 aliphatic rings. The van der Waals surface area contributed by atoms with Gasteiger partial charge in [-0.3, -0.25) is 4.99 Å². The molecule has 4 aromatic rings. The van der Waals surface area contributed by atoms with Crippen molar-refractivity contribution >= 4 is 38.9 Å². The number of nitrogens with zero attached hydrogens (tertiary/aromatic N) is 2. The molecule has 2 N–H and O–H groups in total. The van der Waals surface area contributed by atoms with E-state index in [0.29, 0.717) is 28.3 Å². The van der Waals surface area contributed by atoms with Gasteiger partial charge in [-0.15, -0.1) is 0 Å². The molecule has 3 aromatic carbocycles. The molecule has 0 aliphatic heterocycles. The third-order valence-corrected chi connectivity index (χ3v) is 4.61. The summed E-state index contributed by atoms with van der Waals surface area (Å²) in [5.41, 5.74) is 3.77. The van der Waals surface area contributed by atoms with Crippen LogP contribution < -0.4 is 0 Å². The number of aryl methyl sites for hydroxylation is 1. The molecule has 0 unspecified atom stereocenters. The SMILES string of the molecule is Cc1cc(Br)cc(C=Nc2ccc(O)c(-c3nc4ccccc4o3)c2)c1O. The summed E-state index contributed by atoms with van der Waals surface area (Å²) in [6, 6.07) is 15.9. The number of benzene rings is 3. The van der Waals surface area contributed by atoms with Crippen molar-refractivity contribution in [3.05, 3.63) is 70.2 Å². The Morgan fingerprint density at radius 1 is 1.07 bits per heavy atom. The number of aromatic nitrogens is 1. The van der Waals surface area contributed by atoms with Gasteiger partial charge >= 0.3 is 0 Å². The number of phenols is 2. The van der Waals surface area contributed by atoms with Crippen molar-refractivity contribution in [1.82, 2.24) is 4.98 Å². The monoisotopic (exact) mass is 422 g/mol. The summed E-state index contributed by atoms with van der Waals surface area (Å²) < 4.78 is 6.59. The van der Waals surface area contributed by atoms with Crippen LogP contribution in [0.5, 0.6) is 11.5 Å². The van der Waals surface area contributed by atoms with Gasteiger partial charge in [0.2, 0.25) is 5.89 Å². The van der Waals surface area contributed by atoms with E-state index in [1.165, 1.54) is 0 Å². The number of hydrogen-bond acceptors (Lipinski definition) is 5. The summed E-state index contributed by atoms with van der Waals surface area (Å²) in [5.74, 6) is 0.563. The highest BCUT2D eigenvalue weighted by Gasteiger charge is 2.13. The second-order valence-electron chi connectivity index (χ2n) is 6.11. The average Bonchev–Trinajstić information content (AvgIpc) is 3.08. The molecule has 0 saturated heterocycles. The summed E-state index contributed by atoms with van der Waals surface area (Å²) in [4.78, 5) is 8.83. The molecular weight excluding hydrogens is 408 g/mol. The molecule has 0 atom stereocenters. The first-order valence-electron chi connectivity index (χ1n) is 8.23. The van der Waals surface area contributed by atoms with E-state index < -0.39 is 0 Å². The van der Waals surface area contributed by atoms with Gasteiger partial charge in [0.15, 0.2) is 5.58 Å². The summed E-state index contributed by atoms with van der Waals surface area (Å²) in [6.07, 6.45) is 1.58. The second-order valence-corrected chi connectivity index (χ2v) is 7.02. The van der Waals surface area contributed by atoms with E-state index in [9.17, 15) is 10.2 Å². The van der Waals surface area contributed by atoms with Crippen molar-refractivity contribution in [3.63, 3.8) is 0 Å². The zero-order valence-corrected chi connectivity index (χ0v) is 15.9. The topological polar surface area (TPSA) is 78.9 Å². The van der Waals surface area contributed by atoms with Gasteiger partial charge in [-0.25, -0.2) is 4.98 Å². The van der Waals surface area contributed by atoms with Gasteiger partial charge in [-0.1, -0.05) is 28.1 Å². The summed E-state index contributed by atoms with van der Waals surface area (Å²) in [5, 5.41) is 20.4. The second kappa shape index (κ2) is 6.89. The number of aromatic hydroxyl groups is 2. The molecule has 0 bridgehead atoms. The van der Waals surface area contributed by atoms with E-state index in [0.717, 1.165) is 15.6 Å². The standard InChI is InChI=1S/C21H15BrN2O3/c1-12-8-14(22)9-13(20(12)26)11-23-15-6-7-18(25)16(10-15)21-24-17-4-2-3-5-19(17)27-21/h2-11,25-26H,1H3. The number of oxazole rings is 1. The Bertz CT molecular complexity index is 1150. The molecule has 0 saturated carbocycles. The van der Waals surface area contributed by atoms with Crippen LogP contribution in [0.2, 0.25) is 0 Å². The van der Waals surface area contributed by atoms with Crippen LogP contribution >= 0.6 is 15.9 Å². The van der Waals surface area contributed by atoms with E-state index in [2.05, 4.69) is 25.9 Å². The van der Waals surface area contributed by atoms with Crippen molar-refractivity contribution in [3.8, 4) is 23.0 Å². The molecule has 5 nitrogen and oxygen atoms in total. The molecule has 1 aromatic heterocycles. The molecule has 0 spiro atoms. The zero-order valence-electron chi connectivity index (χ0n) is 14.3. The lowest BCUT2D eigenvalue weighted by Gasteiger charge is -2.05. The van der Waals surface area contributed by atoms with Gasteiger partial charge in [-0.05, 0) is 55.0 Å². The quantitative estimate of drug-likeness (QED) is 0.413. The van der Waals surface area contributed by atoms with Gasteiger partial charge in [0.1, 0.15) is 17.0 Å². The number of rotatable bonds is 3. The predicted octanol–water partition coefficient (Wildman–Crippen LogP) is 5.73. The highest BCUT2D eigenvalue weighted by atomic mass is 79.9. The maximum absolute atomic E-state index is 10.2. The Labute approximate surface area is 163 Å². The van der Waals surface area contributed by atoms with Crippen molar-refractivity contribution < 1.29 is 14.6 Å². The zero-order chi connectivity index (χ0) is 19.0. The van der Waals surface area contributed by atoms with E-state index in [-0.39, 0.29) is 11.5 Å². The van der Waals surface area contributed by atoms with Crippen molar-refractivity contribution in [2.45, 2.75) is 6.92 Å². The fourth-order valence-corrected chi connectivity index (χ4v) is 3.36. The Morgan fingerprint density at radius 2 is 1.89 bits per heavy atom. The van der Waals surface area contributed by atoms with E-state index in [4.69, 9.17) is 4.42 Å².